The van der Waals surface area contributed by atoms with Gasteiger partial charge in [-0.15, -0.1) is 0 Å². The molecule has 0 aromatic heterocycles. The van der Waals surface area contributed by atoms with E-state index in [1.54, 1.807) is 0 Å². The predicted octanol–water partition coefficient (Wildman–Crippen LogP) is 1.74. The molecule has 2 nitrogen and oxygen atoms in total. The molecule has 2 rings (SSSR count). The van der Waals surface area contributed by atoms with Crippen LogP contribution in [-0.4, -0.2) is 18.8 Å². The fraction of sp³-hybridized carbons (Fsp3) is 0.500. The second kappa shape index (κ2) is 4.58. The van der Waals surface area contributed by atoms with Crippen molar-refractivity contribution in [1.82, 2.24) is 0 Å². The summed E-state index contributed by atoms with van der Waals surface area (Å²) in [4.78, 5) is 0. The SMILES string of the molecule is NC[C@@H]1CC[C@@H](Cc2ccccc2)O1. The molecule has 2 N–H and O–H groups in total. The van der Waals surface area contributed by atoms with Crippen molar-refractivity contribution in [3.8, 4) is 0 Å². The molecular formula is C12H17NO. The van der Waals surface area contributed by atoms with Crippen molar-refractivity contribution < 1.29 is 4.74 Å². The molecule has 0 bridgehead atoms. The Hall–Kier alpha value is -0.860. The fourth-order valence-corrected chi connectivity index (χ4v) is 1.98. The molecule has 2 atom stereocenters. The zero-order chi connectivity index (χ0) is 9.80. The minimum atomic E-state index is 0.295. The van der Waals surface area contributed by atoms with Crippen LogP contribution in [0, 0.1) is 0 Å². The molecule has 14 heavy (non-hydrogen) atoms. The summed E-state index contributed by atoms with van der Waals surface area (Å²) in [7, 11) is 0. The first kappa shape index (κ1) is 9.69. The van der Waals surface area contributed by atoms with Crippen molar-refractivity contribution in [3.63, 3.8) is 0 Å². The van der Waals surface area contributed by atoms with Crippen LogP contribution >= 0.6 is 0 Å². The highest BCUT2D eigenvalue weighted by atomic mass is 16.5. The Bertz CT molecular complexity index is 273. The Morgan fingerprint density at radius 2 is 1.86 bits per heavy atom. The molecule has 0 amide bonds. The summed E-state index contributed by atoms with van der Waals surface area (Å²) in [5, 5.41) is 0. The molecule has 1 aromatic rings. The first-order chi connectivity index (χ1) is 6.88. The second-order valence-electron chi connectivity index (χ2n) is 3.88. The number of hydrogen-bond acceptors (Lipinski definition) is 2. The van der Waals surface area contributed by atoms with Crippen LogP contribution in [0.15, 0.2) is 30.3 Å². The lowest BCUT2D eigenvalue weighted by atomic mass is 10.1. The molecule has 0 radical (unpaired) electrons. The van der Waals surface area contributed by atoms with Gasteiger partial charge in [-0.1, -0.05) is 30.3 Å². The fourth-order valence-electron chi connectivity index (χ4n) is 1.98. The van der Waals surface area contributed by atoms with Gasteiger partial charge in [0.05, 0.1) is 12.2 Å². The summed E-state index contributed by atoms with van der Waals surface area (Å²) >= 11 is 0. The van der Waals surface area contributed by atoms with Gasteiger partial charge in [0.2, 0.25) is 0 Å². The van der Waals surface area contributed by atoms with Gasteiger partial charge < -0.3 is 10.5 Å². The van der Waals surface area contributed by atoms with Crippen LogP contribution in [0.4, 0.5) is 0 Å². The highest BCUT2D eigenvalue weighted by molar-refractivity contribution is 5.15. The Morgan fingerprint density at radius 3 is 2.50 bits per heavy atom. The molecule has 0 aliphatic carbocycles. The van der Waals surface area contributed by atoms with E-state index < -0.39 is 0 Å². The summed E-state index contributed by atoms with van der Waals surface area (Å²) in [6.07, 6.45) is 3.97. The van der Waals surface area contributed by atoms with Crippen LogP contribution in [-0.2, 0) is 11.2 Å². The average molecular weight is 191 g/mol. The standard InChI is InChI=1S/C12H17NO/c13-9-12-7-6-11(14-12)8-10-4-2-1-3-5-10/h1-5,11-12H,6-9,13H2/t11-,12-/m0/s1. The topological polar surface area (TPSA) is 35.2 Å². The minimum absolute atomic E-state index is 0.295. The van der Waals surface area contributed by atoms with E-state index in [1.807, 2.05) is 6.07 Å². The molecule has 1 fully saturated rings. The molecular weight excluding hydrogens is 174 g/mol. The van der Waals surface area contributed by atoms with Gasteiger partial charge in [-0.3, -0.25) is 0 Å². The molecule has 0 unspecified atom stereocenters. The van der Waals surface area contributed by atoms with Gasteiger partial charge in [-0.25, -0.2) is 0 Å². The monoisotopic (exact) mass is 191 g/mol. The molecule has 1 aliphatic heterocycles. The number of rotatable bonds is 3. The van der Waals surface area contributed by atoms with Crippen LogP contribution in [0.25, 0.3) is 0 Å². The molecule has 2 heteroatoms. The first-order valence-corrected chi connectivity index (χ1v) is 5.28. The van der Waals surface area contributed by atoms with Gasteiger partial charge in [0.25, 0.3) is 0 Å². The largest absolute Gasteiger partial charge is 0.373 e. The van der Waals surface area contributed by atoms with Crippen LogP contribution < -0.4 is 5.73 Å². The third-order valence-electron chi connectivity index (χ3n) is 2.76. The summed E-state index contributed by atoms with van der Waals surface area (Å²) < 4.78 is 5.79. The van der Waals surface area contributed by atoms with Gasteiger partial charge in [-0.2, -0.15) is 0 Å². The van der Waals surface area contributed by atoms with Crippen LogP contribution in [0.1, 0.15) is 18.4 Å². The van der Waals surface area contributed by atoms with E-state index >= 15 is 0 Å². The van der Waals surface area contributed by atoms with E-state index in [0.29, 0.717) is 18.8 Å². The maximum absolute atomic E-state index is 5.79. The van der Waals surface area contributed by atoms with Crippen molar-refractivity contribution in [2.24, 2.45) is 5.73 Å². The Morgan fingerprint density at radius 1 is 1.14 bits per heavy atom. The molecule has 1 heterocycles. The Balaban J connectivity index is 1.88. The number of ether oxygens (including phenoxy) is 1. The lowest BCUT2D eigenvalue weighted by Gasteiger charge is -2.11. The Labute approximate surface area is 85.1 Å². The van der Waals surface area contributed by atoms with Crippen molar-refractivity contribution in [3.05, 3.63) is 35.9 Å². The number of hydrogen-bond donors (Lipinski definition) is 1. The molecule has 76 valence electrons. The minimum Gasteiger partial charge on any atom is -0.373 e. The zero-order valence-corrected chi connectivity index (χ0v) is 8.36. The van der Waals surface area contributed by atoms with Crippen molar-refractivity contribution in [1.29, 1.82) is 0 Å². The summed E-state index contributed by atoms with van der Waals surface area (Å²) in [5.74, 6) is 0. The van der Waals surface area contributed by atoms with E-state index in [0.717, 1.165) is 19.3 Å². The Kier molecular flexibility index (Phi) is 3.17. The number of benzene rings is 1. The first-order valence-electron chi connectivity index (χ1n) is 5.28. The maximum atomic E-state index is 5.79. The lowest BCUT2D eigenvalue weighted by Crippen LogP contribution is -2.21. The van der Waals surface area contributed by atoms with Crippen LogP contribution in [0.5, 0.6) is 0 Å². The molecule has 0 saturated carbocycles. The zero-order valence-electron chi connectivity index (χ0n) is 8.36. The third kappa shape index (κ3) is 2.34. The third-order valence-corrected chi connectivity index (χ3v) is 2.76. The van der Waals surface area contributed by atoms with Crippen LogP contribution in [0.2, 0.25) is 0 Å². The van der Waals surface area contributed by atoms with Crippen molar-refractivity contribution in [2.75, 3.05) is 6.54 Å². The summed E-state index contributed by atoms with van der Waals surface area (Å²) in [5.41, 5.74) is 6.92. The van der Waals surface area contributed by atoms with Crippen LogP contribution in [0.3, 0.4) is 0 Å². The summed E-state index contributed by atoms with van der Waals surface area (Å²) in [6, 6.07) is 10.5. The average Bonchev–Trinajstić information content (AvgIpc) is 2.67. The normalized spacial score (nSPS) is 26.6. The highest BCUT2D eigenvalue weighted by Crippen LogP contribution is 2.21. The van der Waals surface area contributed by atoms with E-state index in [1.165, 1.54) is 5.56 Å². The molecule has 1 aliphatic rings. The van der Waals surface area contributed by atoms with Gasteiger partial charge in [0.15, 0.2) is 0 Å². The van der Waals surface area contributed by atoms with E-state index in [4.69, 9.17) is 10.5 Å². The lowest BCUT2D eigenvalue weighted by molar-refractivity contribution is 0.0507. The smallest absolute Gasteiger partial charge is 0.0702 e. The van der Waals surface area contributed by atoms with Gasteiger partial charge in [-0.05, 0) is 24.8 Å². The van der Waals surface area contributed by atoms with E-state index in [2.05, 4.69) is 24.3 Å². The van der Waals surface area contributed by atoms with Crippen molar-refractivity contribution in [2.45, 2.75) is 31.5 Å². The van der Waals surface area contributed by atoms with Gasteiger partial charge >= 0.3 is 0 Å². The van der Waals surface area contributed by atoms with Gasteiger partial charge in [0, 0.05) is 6.54 Å². The molecule has 1 saturated heterocycles. The highest BCUT2D eigenvalue weighted by Gasteiger charge is 2.23. The van der Waals surface area contributed by atoms with Crippen molar-refractivity contribution >= 4 is 0 Å². The second-order valence-corrected chi connectivity index (χ2v) is 3.88. The number of nitrogens with two attached hydrogens (primary N) is 1. The van der Waals surface area contributed by atoms with Gasteiger partial charge in [0.1, 0.15) is 0 Å². The molecule has 1 aromatic carbocycles. The summed E-state index contributed by atoms with van der Waals surface area (Å²) in [6.45, 7) is 0.658. The van der Waals surface area contributed by atoms with E-state index in [9.17, 15) is 0 Å². The maximum Gasteiger partial charge on any atom is 0.0702 e. The quantitative estimate of drug-likeness (QED) is 0.789. The molecule has 0 spiro atoms. The predicted molar refractivity (Wildman–Crippen MR) is 57.1 cm³/mol. The van der Waals surface area contributed by atoms with E-state index in [-0.39, 0.29) is 0 Å².